The molecule has 27 heavy (non-hydrogen) atoms. The lowest BCUT2D eigenvalue weighted by Gasteiger charge is -2.18. The van der Waals surface area contributed by atoms with Gasteiger partial charge in [-0.05, 0) is 41.8 Å². The fourth-order valence-electron chi connectivity index (χ4n) is 3.24. The van der Waals surface area contributed by atoms with E-state index >= 15 is 0 Å². The Morgan fingerprint density at radius 3 is 2.37 bits per heavy atom. The van der Waals surface area contributed by atoms with E-state index in [1.54, 1.807) is 6.21 Å². The molecule has 0 bridgehead atoms. The predicted molar refractivity (Wildman–Crippen MR) is 109 cm³/mol. The van der Waals surface area contributed by atoms with Gasteiger partial charge in [-0.15, -0.1) is 0 Å². The number of carbonyl (C=O) groups excluding carboxylic acids is 1. The number of fused-ring (bicyclic) bond motifs is 1. The second-order valence-corrected chi connectivity index (χ2v) is 6.78. The SMILES string of the molecule is Cc1ccc(/C=N\NC(=O)c2cccc(N3Cc4ccccc4C3)c2)cc1. The lowest BCUT2D eigenvalue weighted by Crippen LogP contribution is -2.19. The molecule has 4 heteroatoms. The molecule has 0 radical (unpaired) electrons. The number of anilines is 1. The second kappa shape index (κ2) is 7.46. The molecule has 0 fully saturated rings. The maximum absolute atomic E-state index is 12.4. The van der Waals surface area contributed by atoms with E-state index in [0.29, 0.717) is 5.56 Å². The number of benzene rings is 3. The van der Waals surface area contributed by atoms with Crippen molar-refractivity contribution in [2.75, 3.05) is 4.90 Å². The van der Waals surface area contributed by atoms with E-state index < -0.39 is 0 Å². The van der Waals surface area contributed by atoms with Gasteiger partial charge < -0.3 is 4.90 Å². The highest BCUT2D eigenvalue weighted by molar-refractivity contribution is 5.95. The minimum Gasteiger partial charge on any atom is -0.363 e. The van der Waals surface area contributed by atoms with Gasteiger partial charge in [0.15, 0.2) is 0 Å². The largest absolute Gasteiger partial charge is 0.363 e. The van der Waals surface area contributed by atoms with Crippen LogP contribution in [0.15, 0.2) is 77.9 Å². The molecule has 0 spiro atoms. The van der Waals surface area contributed by atoms with Crippen LogP contribution in [0, 0.1) is 6.92 Å². The van der Waals surface area contributed by atoms with E-state index in [9.17, 15) is 4.79 Å². The van der Waals surface area contributed by atoms with Gasteiger partial charge in [0.2, 0.25) is 0 Å². The maximum Gasteiger partial charge on any atom is 0.271 e. The van der Waals surface area contributed by atoms with Crippen molar-refractivity contribution in [1.82, 2.24) is 5.43 Å². The van der Waals surface area contributed by atoms with Crippen LogP contribution in [0.3, 0.4) is 0 Å². The topological polar surface area (TPSA) is 44.7 Å². The van der Waals surface area contributed by atoms with Crippen LogP contribution in [-0.2, 0) is 13.1 Å². The third-order valence-corrected chi connectivity index (χ3v) is 4.77. The molecule has 3 aromatic rings. The number of nitrogens with one attached hydrogen (secondary N) is 1. The summed E-state index contributed by atoms with van der Waals surface area (Å²) < 4.78 is 0. The summed E-state index contributed by atoms with van der Waals surface area (Å²) in [6.45, 7) is 3.77. The Morgan fingerprint density at radius 1 is 0.963 bits per heavy atom. The Balaban J connectivity index is 1.43. The molecule has 0 aliphatic carbocycles. The molecule has 4 rings (SSSR count). The quantitative estimate of drug-likeness (QED) is 0.561. The zero-order valence-corrected chi connectivity index (χ0v) is 15.2. The van der Waals surface area contributed by atoms with Gasteiger partial charge in [0.1, 0.15) is 0 Å². The highest BCUT2D eigenvalue weighted by atomic mass is 16.2. The van der Waals surface area contributed by atoms with E-state index in [2.05, 4.69) is 39.7 Å². The molecule has 0 saturated heterocycles. The van der Waals surface area contributed by atoms with Crippen LogP contribution < -0.4 is 10.3 Å². The van der Waals surface area contributed by atoms with E-state index in [1.165, 1.54) is 16.7 Å². The second-order valence-electron chi connectivity index (χ2n) is 6.78. The molecular weight excluding hydrogens is 334 g/mol. The Labute approximate surface area is 159 Å². The standard InChI is InChI=1S/C23H21N3O/c1-17-9-11-18(12-10-17)14-24-25-23(27)19-7-4-8-22(13-19)26-15-20-5-2-3-6-21(20)16-26/h2-14H,15-16H2,1H3,(H,25,27)/b24-14-. The Bertz CT molecular complexity index is 968. The number of nitrogens with zero attached hydrogens (tertiary/aromatic N) is 2. The monoisotopic (exact) mass is 355 g/mol. The fourth-order valence-corrected chi connectivity index (χ4v) is 3.24. The molecule has 0 unspecified atom stereocenters. The first kappa shape index (κ1) is 17.0. The summed E-state index contributed by atoms with van der Waals surface area (Å²) in [5, 5.41) is 4.07. The summed E-state index contributed by atoms with van der Waals surface area (Å²) in [6, 6.07) is 24.1. The number of rotatable bonds is 4. The molecule has 0 atom stereocenters. The van der Waals surface area contributed by atoms with Crippen LogP contribution in [0.2, 0.25) is 0 Å². The van der Waals surface area contributed by atoms with Crippen LogP contribution in [0.25, 0.3) is 0 Å². The van der Waals surface area contributed by atoms with Crippen molar-refractivity contribution in [2.45, 2.75) is 20.0 Å². The van der Waals surface area contributed by atoms with Crippen molar-refractivity contribution >= 4 is 17.8 Å². The Kier molecular flexibility index (Phi) is 4.71. The molecule has 1 aliphatic rings. The van der Waals surface area contributed by atoms with Gasteiger partial charge in [-0.3, -0.25) is 4.79 Å². The fraction of sp³-hybridized carbons (Fsp3) is 0.130. The molecule has 134 valence electrons. The molecule has 1 aliphatic heterocycles. The summed E-state index contributed by atoms with van der Waals surface area (Å²) in [5.74, 6) is -0.211. The highest BCUT2D eigenvalue weighted by Crippen LogP contribution is 2.28. The van der Waals surface area contributed by atoms with Crippen molar-refractivity contribution in [3.63, 3.8) is 0 Å². The Morgan fingerprint density at radius 2 is 1.67 bits per heavy atom. The van der Waals surface area contributed by atoms with Crippen molar-refractivity contribution in [3.8, 4) is 0 Å². The van der Waals surface area contributed by atoms with Crippen LogP contribution in [0.4, 0.5) is 5.69 Å². The van der Waals surface area contributed by atoms with Crippen LogP contribution in [0.1, 0.15) is 32.6 Å². The molecule has 0 saturated carbocycles. The smallest absolute Gasteiger partial charge is 0.271 e. The van der Waals surface area contributed by atoms with Crippen LogP contribution >= 0.6 is 0 Å². The van der Waals surface area contributed by atoms with Crippen molar-refractivity contribution < 1.29 is 4.79 Å². The lowest BCUT2D eigenvalue weighted by molar-refractivity contribution is 0.0955. The number of hydrazone groups is 1. The minimum absolute atomic E-state index is 0.211. The van der Waals surface area contributed by atoms with E-state index in [-0.39, 0.29) is 5.91 Å². The average molecular weight is 355 g/mol. The van der Waals surface area contributed by atoms with Gasteiger partial charge in [-0.25, -0.2) is 5.43 Å². The van der Waals surface area contributed by atoms with E-state index in [1.807, 2.05) is 55.5 Å². The number of hydrogen-bond acceptors (Lipinski definition) is 3. The molecule has 4 nitrogen and oxygen atoms in total. The first-order valence-corrected chi connectivity index (χ1v) is 9.01. The minimum atomic E-state index is -0.211. The third-order valence-electron chi connectivity index (χ3n) is 4.77. The molecule has 0 aromatic heterocycles. The van der Waals surface area contributed by atoms with E-state index in [4.69, 9.17) is 0 Å². The molecular formula is C23H21N3O. The molecule has 1 heterocycles. The van der Waals surface area contributed by atoms with Gasteiger partial charge in [0.05, 0.1) is 6.21 Å². The summed E-state index contributed by atoms with van der Waals surface area (Å²) in [7, 11) is 0. The predicted octanol–water partition coefficient (Wildman–Crippen LogP) is 4.28. The van der Waals surface area contributed by atoms with Crippen LogP contribution in [0.5, 0.6) is 0 Å². The normalized spacial score (nSPS) is 13.0. The third kappa shape index (κ3) is 3.90. The summed E-state index contributed by atoms with van der Waals surface area (Å²) in [6.07, 6.45) is 1.65. The molecule has 1 N–H and O–H groups in total. The first-order valence-electron chi connectivity index (χ1n) is 9.01. The average Bonchev–Trinajstić information content (AvgIpc) is 3.14. The molecule has 1 amide bonds. The first-order chi connectivity index (χ1) is 13.2. The zero-order valence-electron chi connectivity index (χ0n) is 15.2. The number of hydrogen-bond donors (Lipinski definition) is 1. The van der Waals surface area contributed by atoms with Gasteiger partial charge in [-0.1, -0.05) is 60.2 Å². The summed E-state index contributed by atoms with van der Waals surface area (Å²) in [4.78, 5) is 14.7. The van der Waals surface area contributed by atoms with Crippen LogP contribution in [-0.4, -0.2) is 12.1 Å². The lowest BCUT2D eigenvalue weighted by atomic mass is 10.1. The van der Waals surface area contributed by atoms with E-state index in [0.717, 1.165) is 24.3 Å². The van der Waals surface area contributed by atoms with Gasteiger partial charge in [0.25, 0.3) is 5.91 Å². The van der Waals surface area contributed by atoms with Gasteiger partial charge in [-0.2, -0.15) is 5.10 Å². The zero-order chi connectivity index (χ0) is 18.6. The number of aryl methyl sites for hydroxylation is 1. The van der Waals surface area contributed by atoms with Crippen molar-refractivity contribution in [3.05, 3.63) is 101 Å². The van der Waals surface area contributed by atoms with Crippen molar-refractivity contribution in [1.29, 1.82) is 0 Å². The highest BCUT2D eigenvalue weighted by Gasteiger charge is 2.19. The Hall–Kier alpha value is -3.40. The van der Waals surface area contributed by atoms with Gasteiger partial charge >= 0.3 is 0 Å². The number of amides is 1. The molecule has 3 aromatic carbocycles. The van der Waals surface area contributed by atoms with Crippen molar-refractivity contribution in [2.24, 2.45) is 5.10 Å². The number of carbonyl (C=O) groups is 1. The summed E-state index contributed by atoms with van der Waals surface area (Å²) in [5.41, 5.74) is 9.08. The maximum atomic E-state index is 12.4. The van der Waals surface area contributed by atoms with Gasteiger partial charge in [0, 0.05) is 24.3 Å². The summed E-state index contributed by atoms with van der Waals surface area (Å²) >= 11 is 0.